The van der Waals surface area contributed by atoms with Crippen LogP contribution in [-0.4, -0.2) is 15.0 Å². The van der Waals surface area contributed by atoms with E-state index in [0.717, 1.165) is 11.1 Å². The molecule has 0 saturated heterocycles. The molecular formula is C21H18Cl3NO2S. The van der Waals surface area contributed by atoms with Crippen LogP contribution in [0.5, 0.6) is 0 Å². The third-order valence-corrected chi connectivity index (χ3v) is 7.04. The summed E-state index contributed by atoms with van der Waals surface area (Å²) >= 11 is 17.9. The third-order valence-electron chi connectivity index (χ3n) is 4.39. The number of sulfonamides is 1. The Hall–Kier alpha value is -1.56. The van der Waals surface area contributed by atoms with Crippen molar-refractivity contribution in [2.45, 2.75) is 17.2 Å². The standard InChI is InChI=1S/C21H18Cl3NO2S/c22-18-13-20(24)21(14-19(18)23)28(26,27)25-12-11-17(15-7-3-1-4-8-15)16-9-5-2-6-10-16/h1-10,13-14,17,25H,11-12H2. The largest absolute Gasteiger partial charge is 0.242 e. The summed E-state index contributed by atoms with van der Waals surface area (Å²) in [5.41, 5.74) is 2.25. The van der Waals surface area contributed by atoms with Crippen LogP contribution >= 0.6 is 34.8 Å². The SMILES string of the molecule is O=S(=O)(NCCC(c1ccccc1)c1ccccc1)c1cc(Cl)c(Cl)cc1Cl. The van der Waals surface area contributed by atoms with Gasteiger partial charge < -0.3 is 0 Å². The van der Waals surface area contributed by atoms with Gasteiger partial charge in [-0.25, -0.2) is 13.1 Å². The molecule has 3 rings (SSSR count). The van der Waals surface area contributed by atoms with Crippen molar-refractivity contribution in [2.75, 3.05) is 6.54 Å². The molecule has 0 fully saturated rings. The molecule has 0 aliphatic carbocycles. The van der Waals surface area contributed by atoms with Gasteiger partial charge in [-0.05, 0) is 29.7 Å². The highest BCUT2D eigenvalue weighted by Crippen LogP contribution is 2.32. The average molecular weight is 455 g/mol. The highest BCUT2D eigenvalue weighted by molar-refractivity contribution is 7.89. The van der Waals surface area contributed by atoms with E-state index in [1.807, 2.05) is 60.7 Å². The van der Waals surface area contributed by atoms with Gasteiger partial charge in [-0.15, -0.1) is 0 Å². The second-order valence-electron chi connectivity index (χ2n) is 6.26. The van der Waals surface area contributed by atoms with Gasteiger partial charge in [-0.1, -0.05) is 95.5 Å². The molecule has 3 aromatic carbocycles. The Morgan fingerprint density at radius 1 is 0.750 bits per heavy atom. The Morgan fingerprint density at radius 2 is 1.25 bits per heavy atom. The van der Waals surface area contributed by atoms with Gasteiger partial charge in [0, 0.05) is 12.5 Å². The molecule has 0 atom stereocenters. The van der Waals surface area contributed by atoms with Crippen LogP contribution in [-0.2, 0) is 10.0 Å². The maximum Gasteiger partial charge on any atom is 0.242 e. The summed E-state index contributed by atoms with van der Waals surface area (Å²) in [5, 5.41) is 0.376. The molecule has 0 bridgehead atoms. The Bertz CT molecular complexity index is 1000. The van der Waals surface area contributed by atoms with Crippen LogP contribution < -0.4 is 4.72 Å². The number of rotatable bonds is 7. The van der Waals surface area contributed by atoms with E-state index in [-0.39, 0.29) is 32.4 Å². The molecule has 1 N–H and O–H groups in total. The van der Waals surface area contributed by atoms with Gasteiger partial charge >= 0.3 is 0 Å². The predicted octanol–water partition coefficient (Wildman–Crippen LogP) is 6.15. The van der Waals surface area contributed by atoms with E-state index in [1.165, 1.54) is 12.1 Å². The van der Waals surface area contributed by atoms with E-state index < -0.39 is 10.0 Å². The maximum absolute atomic E-state index is 12.7. The minimum Gasteiger partial charge on any atom is -0.211 e. The molecule has 0 unspecified atom stereocenters. The zero-order chi connectivity index (χ0) is 20.1. The van der Waals surface area contributed by atoms with Crippen molar-refractivity contribution in [1.82, 2.24) is 4.72 Å². The topological polar surface area (TPSA) is 46.2 Å². The molecule has 3 nitrogen and oxygen atoms in total. The summed E-state index contributed by atoms with van der Waals surface area (Å²) in [4.78, 5) is -0.0838. The van der Waals surface area contributed by atoms with Crippen molar-refractivity contribution in [3.63, 3.8) is 0 Å². The predicted molar refractivity (Wildman–Crippen MR) is 116 cm³/mol. The minimum absolute atomic E-state index is 0.0320. The van der Waals surface area contributed by atoms with Gasteiger partial charge in [0.1, 0.15) is 4.90 Å². The van der Waals surface area contributed by atoms with Gasteiger partial charge in [-0.2, -0.15) is 0 Å². The number of nitrogens with one attached hydrogen (secondary N) is 1. The van der Waals surface area contributed by atoms with E-state index in [4.69, 9.17) is 34.8 Å². The van der Waals surface area contributed by atoms with Crippen molar-refractivity contribution in [3.05, 3.63) is 99.0 Å². The lowest BCUT2D eigenvalue weighted by Crippen LogP contribution is -2.26. The van der Waals surface area contributed by atoms with Crippen molar-refractivity contribution in [1.29, 1.82) is 0 Å². The molecule has 28 heavy (non-hydrogen) atoms. The number of halogens is 3. The normalized spacial score (nSPS) is 11.7. The number of hydrogen-bond donors (Lipinski definition) is 1. The molecule has 0 aromatic heterocycles. The molecule has 0 saturated carbocycles. The summed E-state index contributed by atoms with van der Waals surface area (Å²) in [7, 11) is -3.82. The van der Waals surface area contributed by atoms with Gasteiger partial charge in [0.25, 0.3) is 0 Å². The van der Waals surface area contributed by atoms with Crippen LogP contribution in [0.3, 0.4) is 0 Å². The van der Waals surface area contributed by atoms with E-state index in [1.54, 1.807) is 0 Å². The summed E-state index contributed by atoms with van der Waals surface area (Å²) in [6, 6.07) is 22.6. The first-order valence-electron chi connectivity index (χ1n) is 8.62. The van der Waals surface area contributed by atoms with Gasteiger partial charge in [0.05, 0.1) is 15.1 Å². The van der Waals surface area contributed by atoms with E-state index in [2.05, 4.69) is 4.72 Å². The molecule has 0 radical (unpaired) electrons. The second kappa shape index (κ2) is 9.29. The first-order chi connectivity index (χ1) is 13.4. The van der Waals surface area contributed by atoms with E-state index in [9.17, 15) is 8.42 Å². The molecule has 7 heteroatoms. The summed E-state index contributed by atoms with van der Waals surface area (Å²) in [6.07, 6.45) is 0.589. The van der Waals surface area contributed by atoms with Crippen LogP contribution in [0.1, 0.15) is 23.5 Å². The molecule has 0 aliphatic rings. The summed E-state index contributed by atoms with van der Waals surface area (Å²) < 4.78 is 28.0. The first-order valence-corrected chi connectivity index (χ1v) is 11.2. The quantitative estimate of drug-likeness (QED) is 0.435. The summed E-state index contributed by atoms with van der Waals surface area (Å²) in [5.74, 6) is 0.0642. The lowest BCUT2D eigenvalue weighted by molar-refractivity contribution is 0.575. The zero-order valence-electron chi connectivity index (χ0n) is 14.8. The fourth-order valence-corrected chi connectivity index (χ4v) is 5.07. The van der Waals surface area contributed by atoms with Gasteiger partial charge in [0.2, 0.25) is 10.0 Å². The van der Waals surface area contributed by atoms with Gasteiger partial charge in [-0.3, -0.25) is 0 Å². The van der Waals surface area contributed by atoms with Crippen molar-refractivity contribution >= 4 is 44.8 Å². The lowest BCUT2D eigenvalue weighted by atomic mass is 9.89. The molecule has 0 amide bonds. The van der Waals surface area contributed by atoms with Crippen LogP contribution in [0.25, 0.3) is 0 Å². The molecule has 146 valence electrons. The fraction of sp³-hybridized carbons (Fsp3) is 0.143. The monoisotopic (exact) mass is 453 g/mol. The smallest absolute Gasteiger partial charge is 0.211 e. The van der Waals surface area contributed by atoms with Crippen LogP contribution in [0, 0.1) is 0 Å². The van der Waals surface area contributed by atoms with E-state index in [0.29, 0.717) is 6.42 Å². The molecule has 0 heterocycles. The first kappa shape index (κ1) is 21.2. The highest BCUT2D eigenvalue weighted by atomic mass is 35.5. The maximum atomic E-state index is 12.7. The number of hydrogen-bond acceptors (Lipinski definition) is 2. The Labute approximate surface area is 180 Å². The minimum atomic E-state index is -3.82. The molecule has 3 aromatic rings. The third kappa shape index (κ3) is 5.07. The fourth-order valence-electron chi connectivity index (χ4n) is 3.02. The van der Waals surface area contributed by atoms with Gasteiger partial charge in [0.15, 0.2) is 0 Å². The lowest BCUT2D eigenvalue weighted by Gasteiger charge is -2.18. The Balaban J connectivity index is 1.78. The van der Waals surface area contributed by atoms with E-state index >= 15 is 0 Å². The van der Waals surface area contributed by atoms with Crippen LogP contribution in [0.4, 0.5) is 0 Å². The molecule has 0 aliphatic heterocycles. The van der Waals surface area contributed by atoms with Crippen LogP contribution in [0.2, 0.25) is 15.1 Å². The van der Waals surface area contributed by atoms with Crippen molar-refractivity contribution in [3.8, 4) is 0 Å². The second-order valence-corrected chi connectivity index (χ2v) is 9.21. The molecular weight excluding hydrogens is 437 g/mol. The molecule has 0 spiro atoms. The summed E-state index contributed by atoms with van der Waals surface area (Å²) in [6.45, 7) is 0.243. The zero-order valence-corrected chi connectivity index (χ0v) is 17.9. The van der Waals surface area contributed by atoms with Crippen LogP contribution in [0.15, 0.2) is 77.7 Å². The average Bonchev–Trinajstić information content (AvgIpc) is 2.69. The highest BCUT2D eigenvalue weighted by Gasteiger charge is 2.21. The Kier molecular flexibility index (Phi) is 7.02. The number of benzene rings is 3. The Morgan fingerprint density at radius 3 is 1.79 bits per heavy atom. The van der Waals surface area contributed by atoms with Crippen molar-refractivity contribution in [2.24, 2.45) is 0 Å². The van der Waals surface area contributed by atoms with Crippen molar-refractivity contribution < 1.29 is 8.42 Å².